The molecule has 4 nitrogen and oxygen atoms in total. The number of aryl methyl sites for hydroxylation is 2. The molecule has 15 heavy (non-hydrogen) atoms. The summed E-state index contributed by atoms with van der Waals surface area (Å²) in [6, 6.07) is 4.15. The van der Waals surface area contributed by atoms with Crippen LogP contribution in [0.3, 0.4) is 0 Å². The minimum atomic E-state index is 0.853. The van der Waals surface area contributed by atoms with E-state index in [1.807, 2.05) is 31.0 Å². The van der Waals surface area contributed by atoms with Gasteiger partial charge in [0.1, 0.15) is 0 Å². The molecule has 0 unspecified atom stereocenters. The predicted molar refractivity (Wildman–Crippen MR) is 59.2 cm³/mol. The van der Waals surface area contributed by atoms with E-state index in [2.05, 4.69) is 33.4 Å². The van der Waals surface area contributed by atoms with Gasteiger partial charge in [0.05, 0.1) is 5.69 Å². The molecule has 2 aromatic heterocycles. The quantitative estimate of drug-likeness (QED) is 0.807. The maximum Gasteiger partial charge on any atom is 0.0518 e. The van der Waals surface area contributed by atoms with E-state index < -0.39 is 0 Å². The molecule has 0 saturated heterocycles. The monoisotopic (exact) mass is 204 g/mol. The average molecular weight is 204 g/mol. The lowest BCUT2D eigenvalue weighted by atomic mass is 10.3. The lowest BCUT2D eigenvalue weighted by Crippen LogP contribution is -2.14. The zero-order valence-corrected chi connectivity index (χ0v) is 9.14. The Bertz CT molecular complexity index is 427. The lowest BCUT2D eigenvalue weighted by molar-refractivity contribution is 0.626. The summed E-state index contributed by atoms with van der Waals surface area (Å²) < 4.78 is 3.94. The van der Waals surface area contributed by atoms with Gasteiger partial charge in [0.25, 0.3) is 0 Å². The molecule has 2 heterocycles. The molecule has 0 aliphatic rings. The molecular formula is C11H16N4. The van der Waals surface area contributed by atoms with E-state index in [1.165, 1.54) is 11.3 Å². The Kier molecular flexibility index (Phi) is 2.87. The molecule has 0 amide bonds. The van der Waals surface area contributed by atoms with Crippen LogP contribution in [0, 0.1) is 0 Å². The van der Waals surface area contributed by atoms with Crippen molar-refractivity contribution in [1.29, 1.82) is 0 Å². The Hall–Kier alpha value is -1.55. The van der Waals surface area contributed by atoms with Crippen LogP contribution in [0.4, 0.5) is 0 Å². The van der Waals surface area contributed by atoms with E-state index in [-0.39, 0.29) is 0 Å². The molecule has 2 rings (SSSR count). The average Bonchev–Trinajstić information content (AvgIpc) is 2.77. The molecule has 0 radical (unpaired) electrons. The van der Waals surface area contributed by atoms with Crippen LogP contribution in [-0.4, -0.2) is 14.3 Å². The van der Waals surface area contributed by atoms with E-state index >= 15 is 0 Å². The third-order valence-corrected chi connectivity index (χ3v) is 2.45. The second kappa shape index (κ2) is 4.31. The molecule has 0 aromatic carbocycles. The van der Waals surface area contributed by atoms with Crippen molar-refractivity contribution < 1.29 is 0 Å². The van der Waals surface area contributed by atoms with Crippen molar-refractivity contribution >= 4 is 0 Å². The Morgan fingerprint density at radius 2 is 2.13 bits per heavy atom. The van der Waals surface area contributed by atoms with Crippen LogP contribution in [0.2, 0.25) is 0 Å². The standard InChI is InChI=1S/C11H16N4/c1-14-6-4-10(9-14)7-12-8-11-3-5-13-15(11)2/h3-6,9,12H,7-8H2,1-2H3. The smallest absolute Gasteiger partial charge is 0.0518 e. The van der Waals surface area contributed by atoms with Crippen LogP contribution >= 0.6 is 0 Å². The highest BCUT2D eigenvalue weighted by Crippen LogP contribution is 2.00. The zero-order valence-electron chi connectivity index (χ0n) is 9.14. The fourth-order valence-corrected chi connectivity index (χ4v) is 1.58. The first-order chi connectivity index (χ1) is 7.25. The molecule has 0 aliphatic carbocycles. The highest BCUT2D eigenvalue weighted by Gasteiger charge is 1.98. The summed E-state index contributed by atoms with van der Waals surface area (Å²) in [5, 5.41) is 7.50. The van der Waals surface area contributed by atoms with E-state index in [9.17, 15) is 0 Å². The number of aromatic nitrogens is 3. The summed E-state index contributed by atoms with van der Waals surface area (Å²) in [6.07, 6.45) is 6.00. The molecule has 0 spiro atoms. The molecule has 0 saturated carbocycles. The Labute approximate surface area is 89.5 Å². The Morgan fingerprint density at radius 3 is 2.73 bits per heavy atom. The summed E-state index contributed by atoms with van der Waals surface area (Å²) in [4.78, 5) is 0. The first kappa shape index (κ1) is 9.98. The molecular weight excluding hydrogens is 188 g/mol. The Balaban J connectivity index is 1.83. The lowest BCUT2D eigenvalue weighted by Gasteiger charge is -2.03. The van der Waals surface area contributed by atoms with E-state index in [4.69, 9.17) is 0 Å². The van der Waals surface area contributed by atoms with Gasteiger partial charge in [0.15, 0.2) is 0 Å². The first-order valence-electron chi connectivity index (χ1n) is 5.04. The van der Waals surface area contributed by atoms with Gasteiger partial charge in [-0.3, -0.25) is 4.68 Å². The van der Waals surface area contributed by atoms with Gasteiger partial charge < -0.3 is 9.88 Å². The van der Waals surface area contributed by atoms with Gasteiger partial charge >= 0.3 is 0 Å². The maximum absolute atomic E-state index is 4.12. The summed E-state index contributed by atoms with van der Waals surface area (Å²) in [5.74, 6) is 0. The summed E-state index contributed by atoms with van der Waals surface area (Å²) in [6.45, 7) is 1.75. The summed E-state index contributed by atoms with van der Waals surface area (Å²) in [7, 11) is 3.99. The van der Waals surface area contributed by atoms with Crippen LogP contribution in [0.25, 0.3) is 0 Å². The Morgan fingerprint density at radius 1 is 1.27 bits per heavy atom. The second-order valence-corrected chi connectivity index (χ2v) is 3.73. The fourth-order valence-electron chi connectivity index (χ4n) is 1.58. The van der Waals surface area contributed by atoms with Gasteiger partial charge in [0, 0.05) is 45.8 Å². The number of nitrogens with zero attached hydrogens (tertiary/aromatic N) is 3. The molecule has 0 fully saturated rings. The van der Waals surface area contributed by atoms with E-state index in [1.54, 1.807) is 0 Å². The number of hydrogen-bond acceptors (Lipinski definition) is 2. The van der Waals surface area contributed by atoms with Crippen molar-refractivity contribution in [3.05, 3.63) is 42.0 Å². The number of hydrogen-bond donors (Lipinski definition) is 1. The minimum absolute atomic E-state index is 0.853. The molecule has 2 aromatic rings. The number of nitrogens with one attached hydrogen (secondary N) is 1. The van der Waals surface area contributed by atoms with Crippen molar-refractivity contribution in [3.63, 3.8) is 0 Å². The molecule has 4 heteroatoms. The second-order valence-electron chi connectivity index (χ2n) is 3.73. The summed E-state index contributed by atoms with van der Waals surface area (Å²) >= 11 is 0. The minimum Gasteiger partial charge on any atom is -0.357 e. The predicted octanol–water partition coefficient (Wildman–Crippen LogP) is 1.05. The molecule has 80 valence electrons. The van der Waals surface area contributed by atoms with Crippen molar-refractivity contribution in [3.8, 4) is 0 Å². The van der Waals surface area contributed by atoms with E-state index in [0.29, 0.717) is 0 Å². The zero-order chi connectivity index (χ0) is 10.7. The third-order valence-electron chi connectivity index (χ3n) is 2.45. The number of rotatable bonds is 4. The molecule has 1 N–H and O–H groups in total. The van der Waals surface area contributed by atoms with Crippen molar-refractivity contribution in [2.45, 2.75) is 13.1 Å². The van der Waals surface area contributed by atoms with E-state index in [0.717, 1.165) is 13.1 Å². The van der Waals surface area contributed by atoms with Gasteiger partial charge in [-0.05, 0) is 17.7 Å². The highest BCUT2D eigenvalue weighted by molar-refractivity contribution is 5.09. The molecule has 0 atom stereocenters. The van der Waals surface area contributed by atoms with Gasteiger partial charge in [-0.1, -0.05) is 0 Å². The maximum atomic E-state index is 4.12. The fraction of sp³-hybridized carbons (Fsp3) is 0.364. The topological polar surface area (TPSA) is 34.8 Å². The largest absolute Gasteiger partial charge is 0.357 e. The normalized spacial score (nSPS) is 10.8. The van der Waals surface area contributed by atoms with Crippen LogP contribution in [0.5, 0.6) is 0 Å². The van der Waals surface area contributed by atoms with Crippen molar-refractivity contribution in [1.82, 2.24) is 19.7 Å². The SMILES string of the molecule is Cn1ccc(CNCc2ccnn2C)c1. The van der Waals surface area contributed by atoms with Crippen molar-refractivity contribution in [2.24, 2.45) is 14.1 Å². The van der Waals surface area contributed by atoms with Gasteiger partial charge in [-0.15, -0.1) is 0 Å². The van der Waals surface area contributed by atoms with Crippen LogP contribution < -0.4 is 5.32 Å². The van der Waals surface area contributed by atoms with Crippen molar-refractivity contribution in [2.75, 3.05) is 0 Å². The van der Waals surface area contributed by atoms with Crippen LogP contribution in [-0.2, 0) is 27.2 Å². The van der Waals surface area contributed by atoms with Gasteiger partial charge in [0.2, 0.25) is 0 Å². The third kappa shape index (κ3) is 2.47. The summed E-state index contributed by atoms with van der Waals surface area (Å²) in [5.41, 5.74) is 2.51. The molecule has 0 aliphatic heterocycles. The van der Waals surface area contributed by atoms with Gasteiger partial charge in [-0.25, -0.2) is 0 Å². The highest BCUT2D eigenvalue weighted by atomic mass is 15.3. The van der Waals surface area contributed by atoms with Crippen LogP contribution in [0.15, 0.2) is 30.7 Å². The van der Waals surface area contributed by atoms with Crippen LogP contribution in [0.1, 0.15) is 11.3 Å². The first-order valence-corrected chi connectivity index (χ1v) is 5.04. The van der Waals surface area contributed by atoms with Gasteiger partial charge in [-0.2, -0.15) is 5.10 Å². The molecule has 0 bridgehead atoms.